The average molecular weight is 243 g/mol. The fourth-order valence-corrected chi connectivity index (χ4v) is 2.64. The van der Waals surface area contributed by atoms with Crippen molar-refractivity contribution >= 4 is 0 Å². The molecule has 0 saturated carbocycles. The minimum Gasteiger partial charge on any atom is -0.381 e. The quantitative estimate of drug-likeness (QED) is 0.679. The molecule has 0 bridgehead atoms. The van der Waals surface area contributed by atoms with E-state index in [-0.39, 0.29) is 0 Å². The Morgan fingerprint density at radius 1 is 1.35 bits per heavy atom. The van der Waals surface area contributed by atoms with Crippen molar-refractivity contribution in [3.63, 3.8) is 0 Å². The lowest BCUT2D eigenvalue weighted by atomic mass is 9.97. The Balaban J connectivity index is 2.39. The molecule has 0 aromatic heterocycles. The van der Waals surface area contributed by atoms with Crippen molar-refractivity contribution in [2.75, 3.05) is 53.5 Å². The van der Waals surface area contributed by atoms with Crippen LogP contribution in [0.1, 0.15) is 19.8 Å². The first-order valence-corrected chi connectivity index (χ1v) is 6.85. The third-order valence-corrected chi connectivity index (χ3v) is 3.68. The van der Waals surface area contributed by atoms with E-state index in [2.05, 4.69) is 30.8 Å². The molecule has 0 aromatic carbocycles. The number of hydrogen-bond donors (Lipinski definition) is 1. The van der Waals surface area contributed by atoms with Gasteiger partial charge in [0.1, 0.15) is 0 Å². The molecule has 2 N–H and O–H groups in total. The SMILES string of the molecule is CCN(CCCN(C)C)C(CN)C1CCOC1. The van der Waals surface area contributed by atoms with Crippen LogP contribution < -0.4 is 5.73 Å². The first-order chi connectivity index (χ1) is 8.19. The standard InChI is InChI=1S/C13H29N3O/c1-4-16(8-5-7-15(2)3)13(10-14)12-6-9-17-11-12/h12-13H,4-11,14H2,1-3H3. The number of likely N-dealkylation sites (N-methyl/N-ethyl adjacent to an activating group) is 1. The second-order valence-electron chi connectivity index (χ2n) is 5.21. The number of rotatable bonds is 8. The zero-order chi connectivity index (χ0) is 12.7. The third kappa shape index (κ3) is 4.92. The summed E-state index contributed by atoms with van der Waals surface area (Å²) in [6, 6.07) is 0.504. The molecule has 0 aromatic rings. The number of nitrogens with two attached hydrogens (primary N) is 1. The molecule has 0 aliphatic carbocycles. The van der Waals surface area contributed by atoms with E-state index in [1.54, 1.807) is 0 Å². The summed E-state index contributed by atoms with van der Waals surface area (Å²) in [5.74, 6) is 0.638. The van der Waals surface area contributed by atoms with Crippen LogP contribution in [0, 0.1) is 5.92 Å². The summed E-state index contributed by atoms with van der Waals surface area (Å²) in [6.07, 6.45) is 2.39. The Labute approximate surface area is 106 Å². The zero-order valence-corrected chi connectivity index (χ0v) is 11.7. The lowest BCUT2D eigenvalue weighted by Gasteiger charge is -2.33. The maximum Gasteiger partial charge on any atom is 0.0510 e. The lowest BCUT2D eigenvalue weighted by Crippen LogP contribution is -2.46. The third-order valence-electron chi connectivity index (χ3n) is 3.68. The van der Waals surface area contributed by atoms with E-state index in [0.717, 1.165) is 39.4 Å². The van der Waals surface area contributed by atoms with E-state index in [1.807, 2.05) is 0 Å². The topological polar surface area (TPSA) is 41.7 Å². The van der Waals surface area contributed by atoms with E-state index in [4.69, 9.17) is 10.5 Å². The normalized spacial score (nSPS) is 22.6. The Kier molecular flexibility index (Phi) is 7.04. The monoisotopic (exact) mass is 243 g/mol. The predicted molar refractivity (Wildman–Crippen MR) is 72.2 cm³/mol. The van der Waals surface area contributed by atoms with Crippen LogP contribution in [0.25, 0.3) is 0 Å². The highest BCUT2D eigenvalue weighted by Crippen LogP contribution is 2.20. The van der Waals surface area contributed by atoms with Crippen LogP contribution in [0.4, 0.5) is 0 Å². The largest absolute Gasteiger partial charge is 0.381 e. The molecule has 0 spiro atoms. The van der Waals surface area contributed by atoms with Crippen molar-refractivity contribution in [2.45, 2.75) is 25.8 Å². The van der Waals surface area contributed by atoms with Crippen LogP contribution in [0.15, 0.2) is 0 Å². The number of nitrogens with zero attached hydrogens (tertiary/aromatic N) is 2. The van der Waals surface area contributed by atoms with Gasteiger partial charge in [0.2, 0.25) is 0 Å². The Morgan fingerprint density at radius 3 is 2.59 bits per heavy atom. The molecule has 1 aliphatic rings. The van der Waals surface area contributed by atoms with Gasteiger partial charge in [-0.1, -0.05) is 6.92 Å². The smallest absolute Gasteiger partial charge is 0.0510 e. The average Bonchev–Trinajstić information content (AvgIpc) is 2.81. The van der Waals surface area contributed by atoms with Crippen LogP contribution in [0.3, 0.4) is 0 Å². The van der Waals surface area contributed by atoms with Gasteiger partial charge in [0.15, 0.2) is 0 Å². The van der Waals surface area contributed by atoms with Crippen LogP contribution in [-0.2, 0) is 4.74 Å². The summed E-state index contributed by atoms with van der Waals surface area (Å²) in [6.45, 7) is 8.17. The molecule has 1 saturated heterocycles. The molecule has 17 heavy (non-hydrogen) atoms. The van der Waals surface area contributed by atoms with Gasteiger partial charge < -0.3 is 15.4 Å². The molecule has 1 rings (SSSR count). The molecule has 1 aliphatic heterocycles. The second kappa shape index (κ2) is 8.03. The molecule has 2 atom stereocenters. The fourth-order valence-electron chi connectivity index (χ4n) is 2.64. The van der Waals surface area contributed by atoms with Gasteiger partial charge in [-0.15, -0.1) is 0 Å². The fraction of sp³-hybridized carbons (Fsp3) is 1.00. The van der Waals surface area contributed by atoms with E-state index in [0.29, 0.717) is 12.0 Å². The molecule has 1 fully saturated rings. The minimum atomic E-state index is 0.504. The van der Waals surface area contributed by atoms with Crippen molar-refractivity contribution in [3.8, 4) is 0 Å². The van der Waals surface area contributed by atoms with Gasteiger partial charge in [-0.05, 0) is 46.6 Å². The molecule has 4 nitrogen and oxygen atoms in total. The van der Waals surface area contributed by atoms with Crippen molar-refractivity contribution in [3.05, 3.63) is 0 Å². The van der Waals surface area contributed by atoms with Gasteiger partial charge in [0, 0.05) is 25.1 Å². The summed E-state index contributed by atoms with van der Waals surface area (Å²) in [7, 11) is 4.25. The highest BCUT2D eigenvalue weighted by molar-refractivity contribution is 4.82. The van der Waals surface area contributed by atoms with Crippen LogP contribution in [0.2, 0.25) is 0 Å². The van der Waals surface area contributed by atoms with E-state index in [1.165, 1.54) is 12.8 Å². The van der Waals surface area contributed by atoms with Gasteiger partial charge in [-0.25, -0.2) is 0 Å². The molecular weight excluding hydrogens is 214 g/mol. The van der Waals surface area contributed by atoms with Gasteiger partial charge in [0.25, 0.3) is 0 Å². The summed E-state index contributed by atoms with van der Waals surface area (Å²) in [5.41, 5.74) is 5.95. The molecule has 0 radical (unpaired) electrons. The van der Waals surface area contributed by atoms with Crippen LogP contribution in [0.5, 0.6) is 0 Å². The van der Waals surface area contributed by atoms with Crippen LogP contribution in [-0.4, -0.2) is 69.3 Å². The molecule has 1 heterocycles. The van der Waals surface area contributed by atoms with Crippen molar-refractivity contribution in [2.24, 2.45) is 11.7 Å². The Hall–Kier alpha value is -0.160. The highest BCUT2D eigenvalue weighted by atomic mass is 16.5. The lowest BCUT2D eigenvalue weighted by molar-refractivity contribution is 0.123. The molecule has 0 amide bonds. The molecule has 102 valence electrons. The molecule has 4 heteroatoms. The van der Waals surface area contributed by atoms with Gasteiger partial charge >= 0.3 is 0 Å². The first-order valence-electron chi connectivity index (χ1n) is 6.85. The van der Waals surface area contributed by atoms with Crippen LogP contribution >= 0.6 is 0 Å². The van der Waals surface area contributed by atoms with Gasteiger partial charge in [-0.3, -0.25) is 4.90 Å². The van der Waals surface area contributed by atoms with Gasteiger partial charge in [0.05, 0.1) is 6.61 Å². The van der Waals surface area contributed by atoms with E-state index in [9.17, 15) is 0 Å². The minimum absolute atomic E-state index is 0.504. The second-order valence-corrected chi connectivity index (χ2v) is 5.21. The zero-order valence-electron chi connectivity index (χ0n) is 11.7. The summed E-state index contributed by atoms with van der Waals surface area (Å²) in [5, 5.41) is 0. The number of hydrogen-bond acceptors (Lipinski definition) is 4. The van der Waals surface area contributed by atoms with Crippen molar-refractivity contribution in [1.29, 1.82) is 0 Å². The van der Waals surface area contributed by atoms with E-state index >= 15 is 0 Å². The molecule has 2 unspecified atom stereocenters. The first kappa shape index (κ1) is 14.9. The summed E-state index contributed by atoms with van der Waals surface area (Å²) >= 11 is 0. The van der Waals surface area contributed by atoms with Crippen molar-refractivity contribution in [1.82, 2.24) is 9.80 Å². The molecular formula is C13H29N3O. The summed E-state index contributed by atoms with van der Waals surface area (Å²) < 4.78 is 5.49. The maximum atomic E-state index is 5.95. The predicted octanol–water partition coefficient (Wildman–Crippen LogP) is 0.624. The summed E-state index contributed by atoms with van der Waals surface area (Å²) in [4.78, 5) is 4.77. The highest BCUT2D eigenvalue weighted by Gasteiger charge is 2.28. The van der Waals surface area contributed by atoms with Gasteiger partial charge in [-0.2, -0.15) is 0 Å². The van der Waals surface area contributed by atoms with E-state index < -0.39 is 0 Å². The Morgan fingerprint density at radius 2 is 2.12 bits per heavy atom. The Bertz CT molecular complexity index is 193. The maximum absolute atomic E-state index is 5.95. The number of ether oxygens (including phenoxy) is 1. The van der Waals surface area contributed by atoms with Crippen molar-refractivity contribution < 1.29 is 4.74 Å².